The number of carbonyl (C=O) groups is 1. The number of rotatable bonds is 2. The second-order valence-corrected chi connectivity index (χ2v) is 3.28. The number of aryl methyl sites for hydroxylation is 1. The lowest BCUT2D eigenvalue weighted by molar-refractivity contribution is -0.122. The predicted octanol–water partition coefficient (Wildman–Crippen LogP) is -0.506. The van der Waals surface area contributed by atoms with Crippen molar-refractivity contribution in [1.29, 1.82) is 0 Å². The number of nitrogens with zero attached hydrogens (tertiary/aromatic N) is 3. The SMILES string of the molecule is Cn1ncnc1CC1CCNC1=O. The lowest BCUT2D eigenvalue weighted by Gasteiger charge is -2.04. The van der Waals surface area contributed by atoms with Gasteiger partial charge in [0.25, 0.3) is 0 Å². The second kappa shape index (κ2) is 3.16. The Morgan fingerprint density at radius 2 is 2.62 bits per heavy atom. The van der Waals surface area contributed by atoms with Crippen LogP contribution in [0.4, 0.5) is 0 Å². The first kappa shape index (κ1) is 8.22. The molecule has 0 aromatic carbocycles. The first-order valence-electron chi connectivity index (χ1n) is 4.38. The summed E-state index contributed by atoms with van der Waals surface area (Å²) in [4.78, 5) is 15.3. The molecule has 1 aromatic rings. The number of nitrogens with one attached hydrogen (secondary N) is 1. The molecule has 1 unspecified atom stereocenters. The Morgan fingerprint density at radius 1 is 1.77 bits per heavy atom. The third-order valence-corrected chi connectivity index (χ3v) is 2.40. The maximum Gasteiger partial charge on any atom is 0.223 e. The Hall–Kier alpha value is -1.39. The van der Waals surface area contributed by atoms with Gasteiger partial charge in [-0.1, -0.05) is 0 Å². The third-order valence-electron chi connectivity index (χ3n) is 2.40. The molecule has 0 radical (unpaired) electrons. The van der Waals surface area contributed by atoms with Gasteiger partial charge in [0.05, 0.1) is 0 Å². The summed E-state index contributed by atoms with van der Waals surface area (Å²) in [5.74, 6) is 1.10. The van der Waals surface area contributed by atoms with Crippen LogP contribution in [0.5, 0.6) is 0 Å². The van der Waals surface area contributed by atoms with E-state index in [0.29, 0.717) is 6.42 Å². The van der Waals surface area contributed by atoms with Gasteiger partial charge in [-0.05, 0) is 6.42 Å². The van der Waals surface area contributed by atoms with Crippen molar-refractivity contribution in [1.82, 2.24) is 20.1 Å². The Morgan fingerprint density at radius 3 is 3.15 bits per heavy atom. The number of hydrogen-bond donors (Lipinski definition) is 1. The number of carbonyl (C=O) groups excluding carboxylic acids is 1. The van der Waals surface area contributed by atoms with Gasteiger partial charge < -0.3 is 5.32 Å². The third kappa shape index (κ3) is 1.54. The highest BCUT2D eigenvalue weighted by atomic mass is 16.2. The van der Waals surface area contributed by atoms with Crippen LogP contribution in [0.15, 0.2) is 6.33 Å². The molecule has 70 valence electrons. The smallest absolute Gasteiger partial charge is 0.223 e. The van der Waals surface area contributed by atoms with Gasteiger partial charge in [0.2, 0.25) is 5.91 Å². The summed E-state index contributed by atoms with van der Waals surface area (Å²) in [6, 6.07) is 0. The molecular formula is C8H12N4O. The molecule has 1 fully saturated rings. The molecule has 1 N–H and O–H groups in total. The summed E-state index contributed by atoms with van der Waals surface area (Å²) >= 11 is 0. The average molecular weight is 180 g/mol. The number of hydrogen-bond acceptors (Lipinski definition) is 3. The Balaban J connectivity index is 2.06. The van der Waals surface area contributed by atoms with Gasteiger partial charge in [0, 0.05) is 25.9 Å². The van der Waals surface area contributed by atoms with E-state index in [1.807, 2.05) is 7.05 Å². The lowest BCUT2D eigenvalue weighted by Crippen LogP contribution is -2.21. The number of amides is 1. The summed E-state index contributed by atoms with van der Waals surface area (Å²) in [7, 11) is 1.84. The largest absolute Gasteiger partial charge is 0.356 e. The van der Waals surface area contributed by atoms with Gasteiger partial charge in [-0.25, -0.2) is 4.98 Å². The van der Waals surface area contributed by atoms with Crippen molar-refractivity contribution < 1.29 is 4.79 Å². The fourth-order valence-electron chi connectivity index (χ4n) is 1.57. The fraction of sp³-hybridized carbons (Fsp3) is 0.625. The first-order valence-corrected chi connectivity index (χ1v) is 4.38. The van der Waals surface area contributed by atoms with Crippen LogP contribution < -0.4 is 5.32 Å². The van der Waals surface area contributed by atoms with E-state index in [9.17, 15) is 4.79 Å². The quantitative estimate of drug-likeness (QED) is 0.667. The molecule has 0 aliphatic carbocycles. The zero-order valence-corrected chi connectivity index (χ0v) is 7.53. The van der Waals surface area contributed by atoms with Crippen LogP contribution >= 0.6 is 0 Å². The van der Waals surface area contributed by atoms with E-state index in [4.69, 9.17) is 0 Å². The molecule has 1 aliphatic heterocycles. The van der Waals surface area contributed by atoms with E-state index in [-0.39, 0.29) is 11.8 Å². The van der Waals surface area contributed by atoms with Crippen molar-refractivity contribution >= 4 is 5.91 Å². The molecule has 0 saturated carbocycles. The molecule has 2 heterocycles. The topological polar surface area (TPSA) is 59.8 Å². The van der Waals surface area contributed by atoms with Crippen molar-refractivity contribution in [3.05, 3.63) is 12.2 Å². The van der Waals surface area contributed by atoms with Crippen LogP contribution in [0.3, 0.4) is 0 Å². The molecule has 1 saturated heterocycles. The van der Waals surface area contributed by atoms with Crippen LogP contribution in [0.25, 0.3) is 0 Å². The van der Waals surface area contributed by atoms with E-state index in [1.54, 1.807) is 4.68 Å². The van der Waals surface area contributed by atoms with Gasteiger partial charge in [-0.3, -0.25) is 9.48 Å². The predicted molar refractivity (Wildman–Crippen MR) is 45.8 cm³/mol. The van der Waals surface area contributed by atoms with Gasteiger partial charge in [-0.15, -0.1) is 0 Å². The molecule has 1 amide bonds. The molecule has 5 nitrogen and oxygen atoms in total. The maximum atomic E-state index is 11.2. The highest BCUT2D eigenvalue weighted by molar-refractivity contribution is 5.80. The number of aromatic nitrogens is 3. The van der Waals surface area contributed by atoms with Crippen molar-refractivity contribution in [2.75, 3.05) is 6.54 Å². The minimum atomic E-state index is 0.0860. The van der Waals surface area contributed by atoms with Crippen LogP contribution in [0, 0.1) is 5.92 Å². The van der Waals surface area contributed by atoms with Gasteiger partial charge in [-0.2, -0.15) is 5.10 Å². The Bertz CT molecular complexity index is 320. The van der Waals surface area contributed by atoms with Gasteiger partial charge in [0.1, 0.15) is 12.2 Å². The summed E-state index contributed by atoms with van der Waals surface area (Å²) in [5, 5.41) is 6.76. The summed E-state index contributed by atoms with van der Waals surface area (Å²) < 4.78 is 1.71. The maximum absolute atomic E-state index is 11.2. The molecule has 1 aliphatic rings. The minimum Gasteiger partial charge on any atom is -0.356 e. The van der Waals surface area contributed by atoms with Gasteiger partial charge >= 0.3 is 0 Å². The van der Waals surface area contributed by atoms with Crippen LogP contribution in [0.2, 0.25) is 0 Å². The van der Waals surface area contributed by atoms with E-state index in [1.165, 1.54) is 6.33 Å². The molecular weight excluding hydrogens is 168 g/mol. The highest BCUT2D eigenvalue weighted by Gasteiger charge is 2.25. The molecule has 5 heteroatoms. The van der Waals surface area contributed by atoms with E-state index >= 15 is 0 Å². The van der Waals surface area contributed by atoms with E-state index in [0.717, 1.165) is 18.8 Å². The molecule has 2 rings (SSSR count). The molecule has 13 heavy (non-hydrogen) atoms. The van der Waals surface area contributed by atoms with Gasteiger partial charge in [0.15, 0.2) is 0 Å². The van der Waals surface area contributed by atoms with Crippen molar-refractivity contribution in [2.24, 2.45) is 13.0 Å². The van der Waals surface area contributed by atoms with E-state index in [2.05, 4.69) is 15.4 Å². The van der Waals surface area contributed by atoms with Crippen molar-refractivity contribution in [3.8, 4) is 0 Å². The van der Waals surface area contributed by atoms with E-state index < -0.39 is 0 Å². The van der Waals surface area contributed by atoms with Crippen molar-refractivity contribution in [2.45, 2.75) is 12.8 Å². The van der Waals surface area contributed by atoms with Crippen LogP contribution in [0.1, 0.15) is 12.2 Å². The van der Waals surface area contributed by atoms with Crippen LogP contribution in [-0.4, -0.2) is 27.2 Å². The minimum absolute atomic E-state index is 0.0860. The Labute approximate surface area is 76.2 Å². The monoisotopic (exact) mass is 180 g/mol. The lowest BCUT2D eigenvalue weighted by atomic mass is 10.0. The highest BCUT2D eigenvalue weighted by Crippen LogP contribution is 2.13. The Kier molecular flexibility index (Phi) is 2.00. The zero-order chi connectivity index (χ0) is 9.26. The summed E-state index contributed by atoms with van der Waals surface area (Å²) in [6.45, 7) is 0.793. The fourth-order valence-corrected chi connectivity index (χ4v) is 1.57. The standard InChI is InChI=1S/C8H12N4O/c1-12-7(10-5-11-12)4-6-2-3-9-8(6)13/h5-6H,2-4H2,1H3,(H,9,13). The normalized spacial score (nSPS) is 21.9. The summed E-state index contributed by atoms with van der Waals surface area (Å²) in [6.07, 6.45) is 3.12. The average Bonchev–Trinajstić information content (AvgIpc) is 2.65. The second-order valence-electron chi connectivity index (χ2n) is 3.28. The first-order chi connectivity index (χ1) is 6.27. The summed E-state index contributed by atoms with van der Waals surface area (Å²) in [5.41, 5.74) is 0. The van der Waals surface area contributed by atoms with Crippen LogP contribution in [-0.2, 0) is 18.3 Å². The van der Waals surface area contributed by atoms with Crippen molar-refractivity contribution in [3.63, 3.8) is 0 Å². The molecule has 0 bridgehead atoms. The zero-order valence-electron chi connectivity index (χ0n) is 7.53. The molecule has 1 aromatic heterocycles. The molecule has 0 spiro atoms. The molecule has 1 atom stereocenters.